The van der Waals surface area contributed by atoms with Crippen LogP contribution in [-0.2, 0) is 22.5 Å². The first kappa shape index (κ1) is 20.8. The van der Waals surface area contributed by atoms with Crippen LogP contribution in [0.25, 0.3) is 0 Å². The summed E-state index contributed by atoms with van der Waals surface area (Å²) in [6.45, 7) is 6.88. The summed E-state index contributed by atoms with van der Waals surface area (Å²) in [6.07, 6.45) is 2.12. The van der Waals surface area contributed by atoms with E-state index in [1.165, 1.54) is 5.56 Å². The smallest absolute Gasteiger partial charge is 0.252 e. The van der Waals surface area contributed by atoms with Crippen molar-refractivity contribution in [2.75, 3.05) is 26.3 Å². The predicted octanol–water partition coefficient (Wildman–Crippen LogP) is 2.30. The molecule has 2 atom stereocenters. The molecule has 0 aliphatic carbocycles. The van der Waals surface area contributed by atoms with E-state index in [1.54, 1.807) is 0 Å². The Morgan fingerprint density at radius 2 is 1.85 bits per heavy atom. The van der Waals surface area contributed by atoms with Crippen molar-refractivity contribution in [1.29, 1.82) is 0 Å². The van der Waals surface area contributed by atoms with E-state index in [-0.39, 0.29) is 30.5 Å². The normalized spacial score (nSPS) is 21.7. The van der Waals surface area contributed by atoms with Crippen LogP contribution in [0.3, 0.4) is 0 Å². The fourth-order valence-corrected chi connectivity index (χ4v) is 3.55. The third-order valence-electron chi connectivity index (χ3n) is 4.84. The highest BCUT2D eigenvalue weighted by atomic mass is 35.5. The maximum Gasteiger partial charge on any atom is 0.252 e. The van der Waals surface area contributed by atoms with Gasteiger partial charge in [0.2, 0.25) is 0 Å². The summed E-state index contributed by atoms with van der Waals surface area (Å²) in [6, 6.07) is 4.07. The molecular formula is C19H29ClN2O4. The van der Waals surface area contributed by atoms with Crippen LogP contribution in [0.5, 0.6) is 11.5 Å². The first-order valence-corrected chi connectivity index (χ1v) is 9.21. The lowest BCUT2D eigenvalue weighted by Gasteiger charge is -2.31. The van der Waals surface area contributed by atoms with Crippen molar-refractivity contribution in [3.8, 4) is 11.5 Å². The summed E-state index contributed by atoms with van der Waals surface area (Å²) >= 11 is 0. The fraction of sp³-hybridized carbons (Fsp3) is 0.632. The van der Waals surface area contributed by atoms with Gasteiger partial charge in [0, 0.05) is 19.6 Å². The molecule has 1 saturated heterocycles. The van der Waals surface area contributed by atoms with Gasteiger partial charge in [0.15, 0.2) is 11.5 Å². The lowest BCUT2D eigenvalue weighted by molar-refractivity contribution is -0.143. The van der Waals surface area contributed by atoms with E-state index < -0.39 is 0 Å². The van der Waals surface area contributed by atoms with Crippen LogP contribution in [0, 0.1) is 0 Å². The Kier molecular flexibility index (Phi) is 7.55. The van der Waals surface area contributed by atoms with E-state index in [9.17, 15) is 4.79 Å². The van der Waals surface area contributed by atoms with Crippen LogP contribution in [0.2, 0.25) is 0 Å². The van der Waals surface area contributed by atoms with E-state index in [2.05, 4.69) is 6.07 Å². The zero-order valence-corrected chi connectivity index (χ0v) is 16.3. The van der Waals surface area contributed by atoms with Crippen LogP contribution < -0.4 is 15.2 Å². The van der Waals surface area contributed by atoms with Crippen molar-refractivity contribution in [3.05, 3.63) is 23.3 Å². The molecule has 6 nitrogen and oxygen atoms in total. The highest BCUT2D eigenvalue weighted by Gasteiger charge is 2.34. The average Bonchev–Trinajstić information content (AvgIpc) is 3.11. The number of nitrogens with zero attached hydrogens (tertiary/aromatic N) is 1. The Morgan fingerprint density at radius 1 is 1.19 bits per heavy atom. The molecule has 26 heavy (non-hydrogen) atoms. The van der Waals surface area contributed by atoms with E-state index in [1.807, 2.05) is 24.8 Å². The quantitative estimate of drug-likeness (QED) is 0.814. The molecule has 0 saturated carbocycles. The van der Waals surface area contributed by atoms with Gasteiger partial charge in [0.05, 0.1) is 19.3 Å². The van der Waals surface area contributed by atoms with E-state index in [4.69, 9.17) is 19.9 Å². The summed E-state index contributed by atoms with van der Waals surface area (Å²) in [5, 5.41) is 0. The maximum atomic E-state index is 12.8. The molecule has 1 aromatic rings. The number of carbonyl (C=O) groups is 1. The predicted molar refractivity (Wildman–Crippen MR) is 102 cm³/mol. The van der Waals surface area contributed by atoms with Crippen molar-refractivity contribution >= 4 is 18.3 Å². The van der Waals surface area contributed by atoms with Gasteiger partial charge < -0.3 is 24.8 Å². The summed E-state index contributed by atoms with van der Waals surface area (Å²) in [5.74, 6) is 1.61. The number of hydrogen-bond acceptors (Lipinski definition) is 5. The van der Waals surface area contributed by atoms with Crippen LogP contribution in [0.15, 0.2) is 12.1 Å². The lowest BCUT2D eigenvalue weighted by atomic mass is 9.98. The molecule has 0 bridgehead atoms. The van der Waals surface area contributed by atoms with Crippen LogP contribution in [-0.4, -0.2) is 49.3 Å². The average molecular weight is 385 g/mol. The van der Waals surface area contributed by atoms with Gasteiger partial charge in [-0.25, -0.2) is 0 Å². The topological polar surface area (TPSA) is 74.0 Å². The first-order valence-electron chi connectivity index (χ1n) is 9.21. The Bertz CT molecular complexity index is 626. The van der Waals surface area contributed by atoms with E-state index >= 15 is 0 Å². The minimum absolute atomic E-state index is 0. The third kappa shape index (κ3) is 4.42. The fourth-order valence-electron chi connectivity index (χ4n) is 3.55. The zero-order chi connectivity index (χ0) is 17.8. The molecule has 2 heterocycles. The number of ether oxygens (including phenoxy) is 3. The summed E-state index contributed by atoms with van der Waals surface area (Å²) in [4.78, 5) is 14.6. The largest absolute Gasteiger partial charge is 0.490 e. The monoisotopic (exact) mass is 384 g/mol. The number of rotatable bonds is 6. The van der Waals surface area contributed by atoms with Crippen molar-refractivity contribution < 1.29 is 19.0 Å². The lowest BCUT2D eigenvalue weighted by Crippen LogP contribution is -2.42. The second-order valence-corrected chi connectivity index (χ2v) is 6.50. The zero-order valence-electron chi connectivity index (χ0n) is 15.5. The van der Waals surface area contributed by atoms with E-state index in [0.717, 1.165) is 36.3 Å². The minimum atomic E-state index is -0.343. The molecule has 1 fully saturated rings. The van der Waals surface area contributed by atoms with Crippen LogP contribution >= 0.6 is 12.4 Å². The Labute approximate surface area is 161 Å². The van der Waals surface area contributed by atoms with Crippen LogP contribution in [0.1, 0.15) is 37.8 Å². The number of carbonyl (C=O) groups excluding carboxylic acids is 1. The van der Waals surface area contributed by atoms with E-state index in [0.29, 0.717) is 32.8 Å². The number of benzene rings is 1. The molecule has 146 valence electrons. The van der Waals surface area contributed by atoms with Gasteiger partial charge in [-0.1, -0.05) is 0 Å². The van der Waals surface area contributed by atoms with Gasteiger partial charge in [-0.05, 0) is 56.4 Å². The van der Waals surface area contributed by atoms with Gasteiger partial charge in [0.1, 0.15) is 6.10 Å². The molecule has 7 heteroatoms. The molecule has 0 spiro atoms. The summed E-state index contributed by atoms with van der Waals surface area (Å²) in [7, 11) is 0. The van der Waals surface area contributed by atoms with Gasteiger partial charge >= 0.3 is 0 Å². The number of fused-ring (bicyclic) bond motifs is 1. The number of halogens is 1. The maximum absolute atomic E-state index is 12.8. The highest BCUT2D eigenvalue weighted by Crippen LogP contribution is 2.34. The second kappa shape index (κ2) is 9.44. The molecule has 2 N–H and O–H groups in total. The van der Waals surface area contributed by atoms with Gasteiger partial charge in [-0.15, -0.1) is 12.4 Å². The van der Waals surface area contributed by atoms with Crippen molar-refractivity contribution in [2.24, 2.45) is 5.73 Å². The van der Waals surface area contributed by atoms with Gasteiger partial charge in [-0.2, -0.15) is 0 Å². The van der Waals surface area contributed by atoms with Gasteiger partial charge in [-0.3, -0.25) is 4.79 Å². The third-order valence-corrected chi connectivity index (χ3v) is 4.84. The molecule has 2 aliphatic heterocycles. The number of amides is 1. The second-order valence-electron chi connectivity index (χ2n) is 6.50. The summed E-state index contributed by atoms with van der Waals surface area (Å²) < 4.78 is 17.2. The van der Waals surface area contributed by atoms with Crippen LogP contribution in [0.4, 0.5) is 0 Å². The van der Waals surface area contributed by atoms with Crippen molar-refractivity contribution in [1.82, 2.24) is 4.90 Å². The Morgan fingerprint density at radius 3 is 2.42 bits per heavy atom. The SMILES string of the molecule is CCOc1cc2c(cc1OCC)CN(C(=O)[C@@H]1CC[C@H](CN)O1)CC2.Cl. The van der Waals surface area contributed by atoms with Crippen molar-refractivity contribution in [2.45, 2.75) is 51.9 Å². The number of nitrogens with two attached hydrogens (primary N) is 1. The summed E-state index contributed by atoms with van der Waals surface area (Å²) in [5.41, 5.74) is 8.00. The standard InChI is InChI=1S/C19H28N2O4.ClH/c1-3-23-17-9-13-7-8-21(12-14(13)10-18(17)24-4-2)19(22)16-6-5-15(11-20)25-16;/h9-10,15-16H,3-8,11-12,20H2,1-2H3;1H/t15-,16+;/m1./s1. The molecule has 0 aromatic heterocycles. The van der Waals surface area contributed by atoms with Gasteiger partial charge in [0.25, 0.3) is 5.91 Å². The molecule has 1 amide bonds. The molecule has 0 radical (unpaired) electrons. The van der Waals surface area contributed by atoms with Crippen molar-refractivity contribution in [3.63, 3.8) is 0 Å². The molecular weight excluding hydrogens is 356 g/mol. The molecule has 2 aliphatic rings. The molecule has 1 aromatic carbocycles. The number of hydrogen-bond donors (Lipinski definition) is 1. The Hall–Kier alpha value is -1.50. The highest BCUT2D eigenvalue weighted by molar-refractivity contribution is 5.85. The molecule has 3 rings (SSSR count). The first-order chi connectivity index (χ1) is 12.2. The Balaban J connectivity index is 0.00000243. The molecule has 0 unspecified atom stereocenters. The minimum Gasteiger partial charge on any atom is -0.490 e.